The van der Waals surface area contributed by atoms with Gasteiger partial charge in [-0.3, -0.25) is 15.0 Å². The molecule has 0 aliphatic carbocycles. The first-order valence-corrected chi connectivity index (χ1v) is 8.26. The smallest absolute Gasteiger partial charge is 0.155 e. The molecule has 0 spiro atoms. The molecule has 0 bridgehead atoms. The number of aromatic amines is 2. The van der Waals surface area contributed by atoms with Crippen LogP contribution in [0.2, 0.25) is 0 Å². The molecule has 0 saturated heterocycles. The zero-order valence-corrected chi connectivity index (χ0v) is 15.1. The van der Waals surface area contributed by atoms with Gasteiger partial charge in [-0.1, -0.05) is 12.1 Å². The molecule has 4 rings (SSSR count). The molecule has 0 saturated carbocycles. The summed E-state index contributed by atoms with van der Waals surface area (Å²) in [6.07, 6.45) is 1.49. The van der Waals surface area contributed by atoms with Gasteiger partial charge in [0.05, 0.1) is 11.2 Å². The van der Waals surface area contributed by atoms with E-state index in [-0.39, 0.29) is 12.4 Å². The molecule has 27 heavy (non-hydrogen) atoms. The monoisotopic (exact) mass is 364 g/mol. The standard InChI is InChI=1S/C15H12N6.C4H8O2/c16-11-3-1-2-9(6-11)14-12-7-10(15-17-8-18-21-15)4-5-13(12)19-20-14;1-4(5)3-6-2/h1-8H,16H2,(H,19,20)(H,17,18,21);3H2,1-2H3. The van der Waals surface area contributed by atoms with Crippen LogP contribution < -0.4 is 5.73 Å². The average Bonchev–Trinajstić information content (AvgIpc) is 3.31. The third-order valence-corrected chi connectivity index (χ3v) is 3.76. The van der Waals surface area contributed by atoms with E-state index in [0.29, 0.717) is 0 Å². The molecule has 0 radical (unpaired) electrons. The summed E-state index contributed by atoms with van der Waals surface area (Å²) in [6, 6.07) is 13.7. The van der Waals surface area contributed by atoms with Crippen molar-refractivity contribution in [2.45, 2.75) is 6.92 Å². The second kappa shape index (κ2) is 8.24. The Morgan fingerprint density at radius 1 is 1.15 bits per heavy atom. The Morgan fingerprint density at radius 3 is 2.63 bits per heavy atom. The Bertz CT molecular complexity index is 1040. The summed E-state index contributed by atoms with van der Waals surface area (Å²) in [5, 5.41) is 15.2. The summed E-state index contributed by atoms with van der Waals surface area (Å²) < 4.78 is 4.45. The van der Waals surface area contributed by atoms with Gasteiger partial charge in [-0.25, -0.2) is 4.98 Å². The van der Waals surface area contributed by atoms with Crippen molar-refractivity contribution in [3.63, 3.8) is 0 Å². The summed E-state index contributed by atoms with van der Waals surface area (Å²) >= 11 is 0. The average molecular weight is 364 g/mol. The van der Waals surface area contributed by atoms with Crippen LogP contribution in [0.4, 0.5) is 5.69 Å². The summed E-state index contributed by atoms with van der Waals surface area (Å²) in [5.74, 6) is 0.800. The van der Waals surface area contributed by atoms with E-state index in [0.717, 1.165) is 39.2 Å². The number of nitrogen functional groups attached to an aromatic ring is 1. The highest BCUT2D eigenvalue weighted by atomic mass is 16.5. The number of hydrogen-bond donors (Lipinski definition) is 3. The number of rotatable bonds is 4. The van der Waals surface area contributed by atoms with Crippen molar-refractivity contribution in [1.29, 1.82) is 0 Å². The van der Waals surface area contributed by atoms with Gasteiger partial charge in [-0.2, -0.15) is 10.2 Å². The van der Waals surface area contributed by atoms with E-state index in [1.165, 1.54) is 20.4 Å². The minimum Gasteiger partial charge on any atom is -0.399 e. The van der Waals surface area contributed by atoms with E-state index >= 15 is 0 Å². The molecule has 0 amide bonds. The third kappa shape index (κ3) is 4.36. The number of carbonyl (C=O) groups is 1. The molecular weight excluding hydrogens is 344 g/mol. The fraction of sp³-hybridized carbons (Fsp3) is 0.158. The lowest BCUT2D eigenvalue weighted by Crippen LogP contribution is -1.98. The van der Waals surface area contributed by atoms with Crippen molar-refractivity contribution in [3.8, 4) is 22.6 Å². The number of ether oxygens (including phenoxy) is 1. The van der Waals surface area contributed by atoms with Crippen LogP contribution in [-0.2, 0) is 9.53 Å². The lowest BCUT2D eigenvalue weighted by Gasteiger charge is -2.01. The minimum atomic E-state index is 0.0671. The molecule has 0 aliphatic rings. The number of H-pyrrole nitrogens is 2. The maximum atomic E-state index is 9.92. The quantitative estimate of drug-likeness (QED) is 0.479. The molecule has 138 valence electrons. The molecule has 0 unspecified atom stereocenters. The van der Waals surface area contributed by atoms with Crippen LogP contribution in [0.5, 0.6) is 0 Å². The first-order chi connectivity index (χ1) is 13.1. The number of hydrogen-bond acceptors (Lipinski definition) is 6. The van der Waals surface area contributed by atoms with Crippen LogP contribution in [0.1, 0.15) is 6.92 Å². The summed E-state index contributed by atoms with van der Waals surface area (Å²) in [5.41, 5.74) is 10.4. The molecule has 8 heteroatoms. The number of methoxy groups -OCH3 is 1. The number of fused-ring (bicyclic) bond motifs is 1. The molecule has 0 fully saturated rings. The van der Waals surface area contributed by atoms with Gasteiger partial charge in [0.2, 0.25) is 0 Å². The first kappa shape index (κ1) is 18.3. The van der Waals surface area contributed by atoms with Crippen molar-refractivity contribution in [2.24, 2.45) is 0 Å². The Morgan fingerprint density at radius 2 is 2.00 bits per heavy atom. The summed E-state index contributed by atoms with van der Waals surface area (Å²) in [6.45, 7) is 1.73. The van der Waals surface area contributed by atoms with Crippen LogP contribution in [-0.4, -0.2) is 44.9 Å². The van der Waals surface area contributed by atoms with Crippen LogP contribution in [0.15, 0.2) is 48.8 Å². The fourth-order valence-corrected chi connectivity index (χ4v) is 2.62. The maximum Gasteiger partial charge on any atom is 0.155 e. The maximum absolute atomic E-state index is 9.92. The molecular formula is C19H20N6O2. The fourth-order valence-electron chi connectivity index (χ4n) is 2.62. The van der Waals surface area contributed by atoms with Crippen LogP contribution in [0.3, 0.4) is 0 Å². The van der Waals surface area contributed by atoms with Gasteiger partial charge in [-0.15, -0.1) is 0 Å². The van der Waals surface area contributed by atoms with Crippen molar-refractivity contribution in [1.82, 2.24) is 25.4 Å². The number of ketones is 1. The van der Waals surface area contributed by atoms with E-state index in [4.69, 9.17) is 5.73 Å². The Hall–Kier alpha value is -3.52. The molecule has 0 atom stereocenters. The second-order valence-corrected chi connectivity index (χ2v) is 5.93. The van der Waals surface area contributed by atoms with Gasteiger partial charge in [0, 0.05) is 29.3 Å². The van der Waals surface area contributed by atoms with Gasteiger partial charge >= 0.3 is 0 Å². The highest BCUT2D eigenvalue weighted by molar-refractivity contribution is 5.95. The van der Waals surface area contributed by atoms with Gasteiger partial charge in [0.15, 0.2) is 11.6 Å². The summed E-state index contributed by atoms with van der Waals surface area (Å²) in [7, 11) is 1.50. The number of nitrogens with two attached hydrogens (primary N) is 1. The van der Waals surface area contributed by atoms with E-state index < -0.39 is 0 Å². The molecule has 8 nitrogen and oxygen atoms in total. The Labute approximate surface area is 155 Å². The zero-order chi connectivity index (χ0) is 19.2. The van der Waals surface area contributed by atoms with Crippen molar-refractivity contribution in [3.05, 3.63) is 48.8 Å². The molecule has 2 aromatic carbocycles. The van der Waals surface area contributed by atoms with Crippen LogP contribution in [0.25, 0.3) is 33.5 Å². The summed E-state index contributed by atoms with van der Waals surface area (Å²) in [4.78, 5) is 14.1. The van der Waals surface area contributed by atoms with Gasteiger partial charge in [0.1, 0.15) is 12.9 Å². The highest BCUT2D eigenvalue weighted by Gasteiger charge is 2.10. The number of anilines is 1. The van der Waals surface area contributed by atoms with E-state index in [1.807, 2.05) is 42.5 Å². The number of nitrogens with one attached hydrogen (secondary N) is 2. The number of carbonyl (C=O) groups excluding carboxylic acids is 1. The zero-order valence-electron chi connectivity index (χ0n) is 15.1. The lowest BCUT2D eigenvalue weighted by molar-refractivity contribution is -0.120. The SMILES string of the molecule is COCC(C)=O.Nc1cccc(-c2n[nH]c3ccc(-c4ncn[nH]4)cc23)c1. The largest absolute Gasteiger partial charge is 0.399 e. The molecule has 0 aliphatic heterocycles. The predicted molar refractivity (Wildman–Crippen MR) is 104 cm³/mol. The van der Waals surface area contributed by atoms with Crippen molar-refractivity contribution < 1.29 is 9.53 Å². The Balaban J connectivity index is 0.000000307. The lowest BCUT2D eigenvalue weighted by atomic mass is 10.0. The highest BCUT2D eigenvalue weighted by Crippen LogP contribution is 2.30. The third-order valence-electron chi connectivity index (χ3n) is 3.76. The van der Waals surface area contributed by atoms with Gasteiger partial charge in [-0.05, 0) is 37.3 Å². The molecule has 2 heterocycles. The van der Waals surface area contributed by atoms with Crippen LogP contribution in [0, 0.1) is 0 Å². The number of nitrogens with zero attached hydrogens (tertiary/aromatic N) is 3. The van der Waals surface area contributed by atoms with Gasteiger partial charge < -0.3 is 10.5 Å². The normalized spacial score (nSPS) is 10.4. The predicted octanol–water partition coefficient (Wildman–Crippen LogP) is 2.82. The van der Waals surface area contributed by atoms with Crippen molar-refractivity contribution in [2.75, 3.05) is 19.5 Å². The van der Waals surface area contributed by atoms with Crippen LogP contribution >= 0.6 is 0 Å². The van der Waals surface area contributed by atoms with E-state index in [2.05, 4.69) is 30.1 Å². The van der Waals surface area contributed by atoms with E-state index in [1.54, 1.807) is 0 Å². The first-order valence-electron chi connectivity index (χ1n) is 8.26. The molecule has 2 aromatic heterocycles. The van der Waals surface area contributed by atoms with Gasteiger partial charge in [0.25, 0.3) is 0 Å². The van der Waals surface area contributed by atoms with Crippen molar-refractivity contribution >= 4 is 22.4 Å². The topological polar surface area (TPSA) is 123 Å². The second-order valence-electron chi connectivity index (χ2n) is 5.93. The van der Waals surface area contributed by atoms with E-state index in [9.17, 15) is 4.79 Å². The number of aromatic nitrogens is 5. The molecule has 4 N–H and O–H groups in total. The Kier molecular flexibility index (Phi) is 5.58. The number of benzene rings is 2. The number of Topliss-reactive ketones (excluding diaryl/α,β-unsaturated/α-hetero) is 1. The minimum absolute atomic E-state index is 0.0671. The molecule has 4 aromatic rings.